The quantitative estimate of drug-likeness (QED) is 0.569. The molecule has 1 saturated heterocycles. The minimum atomic E-state index is -0.801. The molecule has 1 aliphatic rings. The third-order valence-corrected chi connectivity index (χ3v) is 5.88. The van der Waals surface area contributed by atoms with Crippen molar-refractivity contribution in [1.82, 2.24) is 4.98 Å². The van der Waals surface area contributed by atoms with Crippen molar-refractivity contribution in [2.75, 3.05) is 18.6 Å². The average Bonchev–Trinajstić information content (AvgIpc) is 3.04. The molecule has 162 valence electrons. The molecule has 1 unspecified atom stereocenters. The number of anilines is 1. The van der Waals surface area contributed by atoms with Gasteiger partial charge in [-0.2, -0.15) is 0 Å². The number of carbonyl (C=O) groups is 1. The Labute approximate surface area is 188 Å². The number of methoxy groups -OCH3 is 1. The third-order valence-electron chi connectivity index (χ3n) is 5.10. The van der Waals surface area contributed by atoms with Gasteiger partial charge < -0.3 is 20.1 Å². The van der Waals surface area contributed by atoms with Crippen molar-refractivity contribution in [3.63, 3.8) is 0 Å². The highest BCUT2D eigenvalue weighted by molar-refractivity contribution is 9.10. The standard InChI is InChI=1S/C21H24BrClFN3O3/c1-21(2,3)19-15(30-20(25)28)5-6-27(19)17-8-11(7-16(23)26-17)13-9-12(24)10-14(22)18(13)29-4/h7-10,15,19H,5-6H2,1-4H3,(H2,25,28)/t15?,19-/m1/s1. The molecule has 1 aliphatic heterocycles. The smallest absolute Gasteiger partial charge is 0.404 e. The second-order valence-corrected chi connectivity index (χ2v) is 9.52. The predicted molar refractivity (Wildman–Crippen MR) is 119 cm³/mol. The first kappa shape index (κ1) is 22.6. The zero-order valence-electron chi connectivity index (χ0n) is 17.2. The van der Waals surface area contributed by atoms with E-state index in [1.54, 1.807) is 6.07 Å². The fourth-order valence-corrected chi connectivity index (χ4v) is 4.89. The summed E-state index contributed by atoms with van der Waals surface area (Å²) in [6, 6.07) is 6.07. The number of primary amides is 1. The number of halogens is 3. The maximum Gasteiger partial charge on any atom is 0.404 e. The molecule has 1 aromatic heterocycles. The van der Waals surface area contributed by atoms with E-state index in [-0.39, 0.29) is 22.7 Å². The van der Waals surface area contributed by atoms with E-state index in [2.05, 4.69) is 46.6 Å². The van der Waals surface area contributed by atoms with E-state index in [0.717, 1.165) is 0 Å². The highest BCUT2D eigenvalue weighted by Gasteiger charge is 2.44. The Morgan fingerprint density at radius 3 is 2.63 bits per heavy atom. The number of nitrogens with zero attached hydrogens (tertiary/aromatic N) is 2. The van der Waals surface area contributed by atoms with Crippen LogP contribution < -0.4 is 15.4 Å². The van der Waals surface area contributed by atoms with Gasteiger partial charge in [0.15, 0.2) is 0 Å². The van der Waals surface area contributed by atoms with Crippen molar-refractivity contribution in [3.05, 3.63) is 39.7 Å². The number of ether oxygens (including phenoxy) is 2. The van der Waals surface area contributed by atoms with Crippen LogP contribution in [0.3, 0.4) is 0 Å². The van der Waals surface area contributed by atoms with Crippen LogP contribution >= 0.6 is 27.5 Å². The van der Waals surface area contributed by atoms with Crippen LogP contribution in [-0.2, 0) is 4.74 Å². The highest BCUT2D eigenvalue weighted by atomic mass is 79.9. The molecule has 2 aromatic rings. The summed E-state index contributed by atoms with van der Waals surface area (Å²) < 4.78 is 25.5. The number of hydrogen-bond donors (Lipinski definition) is 1. The van der Waals surface area contributed by atoms with Gasteiger partial charge >= 0.3 is 6.09 Å². The van der Waals surface area contributed by atoms with Crippen LogP contribution in [-0.4, -0.2) is 36.9 Å². The van der Waals surface area contributed by atoms with E-state index < -0.39 is 11.9 Å². The maximum atomic E-state index is 14.1. The fourth-order valence-electron chi connectivity index (χ4n) is 4.09. The van der Waals surface area contributed by atoms with E-state index >= 15 is 0 Å². The van der Waals surface area contributed by atoms with Crippen LogP contribution in [0.4, 0.5) is 15.0 Å². The van der Waals surface area contributed by atoms with Crippen molar-refractivity contribution in [1.29, 1.82) is 0 Å². The van der Waals surface area contributed by atoms with Crippen LogP contribution in [0.5, 0.6) is 5.75 Å². The lowest BCUT2D eigenvalue weighted by Gasteiger charge is -2.38. The molecule has 0 aliphatic carbocycles. The van der Waals surface area contributed by atoms with Gasteiger partial charge in [0.2, 0.25) is 0 Å². The number of aromatic nitrogens is 1. The Balaban J connectivity index is 2.09. The minimum Gasteiger partial charge on any atom is -0.495 e. The topological polar surface area (TPSA) is 77.7 Å². The second-order valence-electron chi connectivity index (χ2n) is 8.27. The van der Waals surface area contributed by atoms with E-state index in [1.165, 1.54) is 19.2 Å². The van der Waals surface area contributed by atoms with Gasteiger partial charge in [0, 0.05) is 18.5 Å². The largest absolute Gasteiger partial charge is 0.495 e. The number of rotatable bonds is 4. The summed E-state index contributed by atoms with van der Waals surface area (Å²) in [5, 5.41) is 0.261. The molecular weight excluding hydrogens is 477 g/mol. The summed E-state index contributed by atoms with van der Waals surface area (Å²) in [5.41, 5.74) is 6.25. The van der Waals surface area contributed by atoms with Crippen LogP contribution in [0.1, 0.15) is 27.2 Å². The summed E-state index contributed by atoms with van der Waals surface area (Å²) in [7, 11) is 1.52. The maximum absolute atomic E-state index is 14.1. The normalized spacial score (nSPS) is 19.1. The average molecular weight is 501 g/mol. The lowest BCUT2D eigenvalue weighted by molar-refractivity contribution is 0.0753. The van der Waals surface area contributed by atoms with Gasteiger partial charge in [0.05, 0.1) is 17.6 Å². The van der Waals surface area contributed by atoms with Crippen LogP contribution in [0.25, 0.3) is 11.1 Å². The molecule has 2 N–H and O–H groups in total. The summed E-state index contributed by atoms with van der Waals surface area (Å²) in [5.74, 6) is 0.694. The molecule has 0 radical (unpaired) electrons. The Morgan fingerprint density at radius 2 is 2.03 bits per heavy atom. The van der Waals surface area contributed by atoms with Gasteiger partial charge in [0.25, 0.3) is 0 Å². The molecule has 0 bridgehead atoms. The van der Waals surface area contributed by atoms with Crippen molar-refractivity contribution < 1.29 is 18.7 Å². The van der Waals surface area contributed by atoms with Crippen molar-refractivity contribution in [2.45, 2.75) is 39.3 Å². The number of benzene rings is 1. The van der Waals surface area contributed by atoms with E-state index in [1.807, 2.05) is 6.07 Å². The number of nitrogens with two attached hydrogens (primary N) is 1. The summed E-state index contributed by atoms with van der Waals surface area (Å²) >= 11 is 9.69. The fraction of sp³-hybridized carbons (Fsp3) is 0.429. The summed E-state index contributed by atoms with van der Waals surface area (Å²) in [6.07, 6.45) is -0.557. The molecule has 30 heavy (non-hydrogen) atoms. The molecule has 9 heteroatoms. The van der Waals surface area contributed by atoms with Gasteiger partial charge in [-0.05, 0) is 51.2 Å². The second kappa shape index (κ2) is 8.59. The van der Waals surface area contributed by atoms with Crippen LogP contribution in [0.15, 0.2) is 28.7 Å². The molecule has 1 fully saturated rings. The first-order valence-electron chi connectivity index (χ1n) is 9.45. The lowest BCUT2D eigenvalue weighted by atomic mass is 9.83. The lowest BCUT2D eigenvalue weighted by Crippen LogP contribution is -2.47. The molecular formula is C21H24BrClFN3O3. The molecule has 3 rings (SSSR count). The first-order chi connectivity index (χ1) is 14.0. The summed E-state index contributed by atoms with van der Waals surface area (Å²) in [4.78, 5) is 17.9. The third kappa shape index (κ3) is 4.64. The van der Waals surface area contributed by atoms with E-state index in [4.69, 9.17) is 26.8 Å². The number of pyridine rings is 1. The number of carbonyl (C=O) groups excluding carboxylic acids is 1. The van der Waals surface area contributed by atoms with Gasteiger partial charge in [-0.1, -0.05) is 32.4 Å². The van der Waals surface area contributed by atoms with E-state index in [0.29, 0.717) is 40.1 Å². The van der Waals surface area contributed by atoms with Gasteiger partial charge in [-0.15, -0.1) is 0 Å². The number of amides is 1. The molecule has 0 spiro atoms. The minimum absolute atomic E-state index is 0.162. The van der Waals surface area contributed by atoms with Gasteiger partial charge in [0.1, 0.15) is 28.6 Å². The molecule has 1 aromatic carbocycles. The Morgan fingerprint density at radius 1 is 1.33 bits per heavy atom. The van der Waals surface area contributed by atoms with Crippen molar-refractivity contribution in [2.24, 2.45) is 11.1 Å². The van der Waals surface area contributed by atoms with Crippen LogP contribution in [0, 0.1) is 11.2 Å². The first-order valence-corrected chi connectivity index (χ1v) is 10.6. The molecule has 6 nitrogen and oxygen atoms in total. The summed E-state index contributed by atoms with van der Waals surface area (Å²) in [6.45, 7) is 6.79. The van der Waals surface area contributed by atoms with Gasteiger partial charge in [-0.3, -0.25) is 0 Å². The van der Waals surface area contributed by atoms with E-state index in [9.17, 15) is 9.18 Å². The zero-order chi connectivity index (χ0) is 22.2. The number of hydrogen-bond acceptors (Lipinski definition) is 5. The highest BCUT2D eigenvalue weighted by Crippen LogP contribution is 2.41. The zero-order valence-corrected chi connectivity index (χ0v) is 19.6. The van der Waals surface area contributed by atoms with Crippen molar-refractivity contribution in [3.8, 4) is 16.9 Å². The van der Waals surface area contributed by atoms with Crippen LogP contribution in [0.2, 0.25) is 5.15 Å². The molecule has 0 saturated carbocycles. The Hall–Kier alpha value is -2.06. The van der Waals surface area contributed by atoms with Gasteiger partial charge in [-0.25, -0.2) is 14.2 Å². The molecule has 2 heterocycles. The Kier molecular flexibility index (Phi) is 6.48. The Bertz CT molecular complexity index is 967. The SMILES string of the molecule is COc1c(Br)cc(F)cc1-c1cc(Cl)nc(N2CCC(OC(N)=O)[C@@H]2C(C)(C)C)c1. The monoisotopic (exact) mass is 499 g/mol. The molecule has 2 atom stereocenters. The molecule has 1 amide bonds. The predicted octanol–water partition coefficient (Wildman–Crippen LogP) is 5.40. The van der Waals surface area contributed by atoms with Crippen molar-refractivity contribution >= 4 is 39.4 Å².